The van der Waals surface area contributed by atoms with E-state index in [-0.39, 0.29) is 18.0 Å². The van der Waals surface area contributed by atoms with Crippen molar-refractivity contribution in [2.45, 2.75) is 13.5 Å². The van der Waals surface area contributed by atoms with Gasteiger partial charge in [-0.2, -0.15) is 0 Å². The van der Waals surface area contributed by atoms with Crippen LogP contribution in [0.1, 0.15) is 18.1 Å². The maximum atomic E-state index is 11.2. The number of nitrogens with zero attached hydrogens (tertiary/aromatic N) is 1. The summed E-state index contributed by atoms with van der Waals surface area (Å²) in [6.45, 7) is 1.38. The number of aliphatic carboxylic acids is 1. The summed E-state index contributed by atoms with van der Waals surface area (Å²) in [5.74, 6) is -0.992. The molecule has 1 amide bonds. The van der Waals surface area contributed by atoms with E-state index in [0.717, 1.165) is 5.56 Å². The van der Waals surface area contributed by atoms with Crippen LogP contribution < -0.4 is 14.8 Å². The first kappa shape index (κ1) is 20.4. The quantitative estimate of drug-likeness (QED) is 0.405. The van der Waals surface area contributed by atoms with Crippen molar-refractivity contribution >= 4 is 23.6 Å². The molecule has 0 radical (unpaired) electrons. The van der Waals surface area contributed by atoms with E-state index in [0.29, 0.717) is 17.1 Å². The Hall–Kier alpha value is -3.88. The number of carboxylic acid groups (broad SMARTS) is 1. The lowest BCUT2D eigenvalue weighted by Crippen LogP contribution is -2.24. The van der Waals surface area contributed by atoms with E-state index in [1.807, 2.05) is 0 Å². The molecule has 0 atom stereocenters. The minimum atomic E-state index is -1.27. The standard InChI is InChI=1S/C19H18N2O7/c1-12(22)20-16(19(23)24)9-14-5-8-17(18(10-14)27-2)28-11-13-3-6-15(7-4-13)21(25)26/h3-10H,11H2,1-2H3,(H,20,22)(H,23,24). The second-order valence-corrected chi connectivity index (χ2v) is 5.67. The van der Waals surface area contributed by atoms with Gasteiger partial charge in [0.1, 0.15) is 12.3 Å². The van der Waals surface area contributed by atoms with Crippen molar-refractivity contribution in [2.24, 2.45) is 0 Å². The van der Waals surface area contributed by atoms with Crippen LogP contribution in [0.5, 0.6) is 11.5 Å². The van der Waals surface area contributed by atoms with Gasteiger partial charge in [0, 0.05) is 19.1 Å². The Morgan fingerprint density at radius 2 is 1.86 bits per heavy atom. The first-order valence-corrected chi connectivity index (χ1v) is 8.07. The summed E-state index contributed by atoms with van der Waals surface area (Å²) in [6, 6.07) is 10.7. The highest BCUT2D eigenvalue weighted by Crippen LogP contribution is 2.29. The molecule has 0 bridgehead atoms. The molecule has 0 saturated carbocycles. The summed E-state index contributed by atoms with van der Waals surface area (Å²) in [4.78, 5) is 32.5. The molecule has 0 fully saturated rings. The molecule has 2 aromatic rings. The lowest BCUT2D eigenvalue weighted by molar-refractivity contribution is -0.384. The third-order valence-electron chi connectivity index (χ3n) is 3.58. The largest absolute Gasteiger partial charge is 0.493 e. The number of carbonyl (C=O) groups is 2. The van der Waals surface area contributed by atoms with Gasteiger partial charge in [0.25, 0.3) is 5.69 Å². The molecule has 2 rings (SSSR count). The number of carboxylic acids is 1. The lowest BCUT2D eigenvalue weighted by atomic mass is 10.1. The van der Waals surface area contributed by atoms with E-state index < -0.39 is 16.8 Å². The second-order valence-electron chi connectivity index (χ2n) is 5.67. The Kier molecular flexibility index (Phi) is 6.69. The van der Waals surface area contributed by atoms with Gasteiger partial charge in [-0.3, -0.25) is 14.9 Å². The summed E-state index contributed by atoms with van der Waals surface area (Å²) in [7, 11) is 1.44. The Bertz CT molecular complexity index is 920. The van der Waals surface area contributed by atoms with Gasteiger partial charge >= 0.3 is 5.97 Å². The molecule has 9 nitrogen and oxygen atoms in total. The Balaban J connectivity index is 2.17. The summed E-state index contributed by atoms with van der Waals surface area (Å²) < 4.78 is 11.0. The molecule has 0 heterocycles. The van der Waals surface area contributed by atoms with Crippen LogP contribution in [-0.2, 0) is 16.2 Å². The van der Waals surface area contributed by atoms with E-state index in [1.165, 1.54) is 32.2 Å². The van der Waals surface area contributed by atoms with Crippen LogP contribution in [0.3, 0.4) is 0 Å². The molecule has 2 N–H and O–H groups in total. The van der Waals surface area contributed by atoms with Gasteiger partial charge in [-0.05, 0) is 41.5 Å². The van der Waals surface area contributed by atoms with Gasteiger partial charge in [-0.15, -0.1) is 0 Å². The van der Waals surface area contributed by atoms with Crippen molar-refractivity contribution in [3.63, 3.8) is 0 Å². The number of methoxy groups -OCH3 is 1. The van der Waals surface area contributed by atoms with Crippen molar-refractivity contribution in [1.82, 2.24) is 5.32 Å². The molecule has 0 saturated heterocycles. The second kappa shape index (κ2) is 9.17. The summed E-state index contributed by atoms with van der Waals surface area (Å²) >= 11 is 0. The van der Waals surface area contributed by atoms with Gasteiger partial charge in [0.15, 0.2) is 11.5 Å². The van der Waals surface area contributed by atoms with Crippen LogP contribution in [0.25, 0.3) is 6.08 Å². The number of nitrogens with one attached hydrogen (secondary N) is 1. The third-order valence-corrected chi connectivity index (χ3v) is 3.58. The first-order chi connectivity index (χ1) is 13.3. The number of nitro groups is 1. The maximum Gasteiger partial charge on any atom is 0.352 e. The summed E-state index contributed by atoms with van der Waals surface area (Å²) in [5.41, 5.74) is 0.945. The molecule has 0 spiro atoms. The van der Waals surface area contributed by atoms with Crippen LogP contribution in [0.2, 0.25) is 0 Å². The number of carbonyl (C=O) groups excluding carboxylic acids is 1. The van der Waals surface area contributed by atoms with Gasteiger partial charge in [-0.1, -0.05) is 6.07 Å². The lowest BCUT2D eigenvalue weighted by Gasteiger charge is -2.12. The van der Waals surface area contributed by atoms with Crippen LogP contribution in [0, 0.1) is 10.1 Å². The molecular weight excluding hydrogens is 368 g/mol. The highest BCUT2D eigenvalue weighted by Gasteiger charge is 2.11. The fourth-order valence-electron chi connectivity index (χ4n) is 2.28. The molecule has 28 heavy (non-hydrogen) atoms. The average molecular weight is 386 g/mol. The number of amides is 1. The van der Waals surface area contributed by atoms with Gasteiger partial charge in [-0.25, -0.2) is 4.79 Å². The zero-order valence-corrected chi connectivity index (χ0v) is 15.2. The number of benzene rings is 2. The average Bonchev–Trinajstić information content (AvgIpc) is 2.66. The van der Waals surface area contributed by atoms with Crippen LogP contribution in [0.15, 0.2) is 48.2 Å². The fourth-order valence-corrected chi connectivity index (χ4v) is 2.28. The SMILES string of the molecule is COc1cc(C=C(NC(C)=O)C(=O)O)ccc1OCc1ccc([N+](=O)[O-])cc1. The number of non-ortho nitro benzene ring substituents is 1. The van der Waals surface area contributed by atoms with Gasteiger partial charge in [0.05, 0.1) is 12.0 Å². The Morgan fingerprint density at radius 1 is 1.18 bits per heavy atom. The van der Waals surface area contributed by atoms with E-state index >= 15 is 0 Å². The predicted molar refractivity (Wildman–Crippen MR) is 99.9 cm³/mol. The Morgan fingerprint density at radius 3 is 2.39 bits per heavy atom. The topological polar surface area (TPSA) is 128 Å². The van der Waals surface area contributed by atoms with Crippen molar-refractivity contribution in [3.8, 4) is 11.5 Å². The number of nitro benzene ring substituents is 1. The van der Waals surface area contributed by atoms with E-state index in [4.69, 9.17) is 14.6 Å². The monoisotopic (exact) mass is 386 g/mol. The van der Waals surface area contributed by atoms with Gasteiger partial charge in [0.2, 0.25) is 5.91 Å². The zero-order chi connectivity index (χ0) is 20.7. The summed E-state index contributed by atoms with van der Waals surface area (Å²) in [5, 5.41) is 22.1. The maximum absolute atomic E-state index is 11.2. The van der Waals surface area contributed by atoms with E-state index in [2.05, 4.69) is 5.32 Å². The number of ether oxygens (including phenoxy) is 2. The minimum absolute atomic E-state index is 0.00845. The minimum Gasteiger partial charge on any atom is -0.493 e. The highest BCUT2D eigenvalue weighted by molar-refractivity contribution is 5.96. The fraction of sp³-hybridized carbons (Fsp3) is 0.158. The number of rotatable bonds is 8. The van der Waals surface area contributed by atoms with Crippen molar-refractivity contribution in [2.75, 3.05) is 7.11 Å². The summed E-state index contributed by atoms with van der Waals surface area (Å²) in [6.07, 6.45) is 1.30. The van der Waals surface area contributed by atoms with Crippen LogP contribution in [-0.4, -0.2) is 29.0 Å². The normalized spacial score (nSPS) is 10.9. The molecule has 0 aliphatic rings. The van der Waals surface area contributed by atoms with Crippen molar-refractivity contribution in [1.29, 1.82) is 0 Å². The molecule has 2 aromatic carbocycles. The molecule has 0 aliphatic carbocycles. The van der Waals surface area contributed by atoms with E-state index in [1.54, 1.807) is 30.3 Å². The van der Waals surface area contributed by atoms with Crippen LogP contribution in [0.4, 0.5) is 5.69 Å². The van der Waals surface area contributed by atoms with Crippen LogP contribution >= 0.6 is 0 Å². The predicted octanol–water partition coefficient (Wildman–Crippen LogP) is 2.74. The Labute approximate surface area is 160 Å². The van der Waals surface area contributed by atoms with Crippen molar-refractivity contribution < 1.29 is 29.1 Å². The van der Waals surface area contributed by atoms with Crippen molar-refractivity contribution in [3.05, 3.63) is 69.4 Å². The zero-order valence-electron chi connectivity index (χ0n) is 15.2. The molecule has 146 valence electrons. The molecule has 0 unspecified atom stereocenters. The highest BCUT2D eigenvalue weighted by atomic mass is 16.6. The smallest absolute Gasteiger partial charge is 0.352 e. The first-order valence-electron chi connectivity index (χ1n) is 8.07. The molecular formula is C19H18N2O7. The molecule has 0 aromatic heterocycles. The van der Waals surface area contributed by atoms with Gasteiger partial charge < -0.3 is 19.9 Å². The number of hydrogen-bond donors (Lipinski definition) is 2. The number of hydrogen-bond acceptors (Lipinski definition) is 6. The molecule has 0 aliphatic heterocycles. The van der Waals surface area contributed by atoms with E-state index in [9.17, 15) is 19.7 Å². The molecule has 9 heteroatoms. The third kappa shape index (κ3) is 5.56.